The Morgan fingerprint density at radius 2 is 1.56 bits per heavy atom. The van der Waals surface area contributed by atoms with Crippen LogP contribution in [0.3, 0.4) is 0 Å². The van der Waals surface area contributed by atoms with Gasteiger partial charge in [-0.15, -0.1) is 0 Å². The summed E-state index contributed by atoms with van der Waals surface area (Å²) in [5.74, 6) is 0. The van der Waals surface area contributed by atoms with Gasteiger partial charge < -0.3 is 0 Å². The molecule has 2 heteroatoms. The van der Waals surface area contributed by atoms with Gasteiger partial charge in [0.05, 0.1) is 0 Å². The Hall–Kier alpha value is -0.370. The molecule has 0 bridgehead atoms. The van der Waals surface area contributed by atoms with Crippen molar-refractivity contribution in [3.8, 4) is 0 Å². The molecule has 1 heterocycles. The summed E-state index contributed by atoms with van der Waals surface area (Å²) in [7, 11) is 0. The molecule has 0 amide bonds. The van der Waals surface area contributed by atoms with Crippen LogP contribution in [0.2, 0.25) is 0 Å². The first-order valence-corrected chi connectivity index (χ1v) is 8.45. The van der Waals surface area contributed by atoms with Crippen molar-refractivity contribution in [2.75, 3.05) is 0 Å². The van der Waals surface area contributed by atoms with Crippen LogP contribution < -0.4 is 5.32 Å². The Labute approximate surface area is 118 Å². The molecule has 0 fully saturated rings. The van der Waals surface area contributed by atoms with Gasteiger partial charge in [0.1, 0.15) is 0 Å². The molecule has 1 aliphatic rings. The molecule has 1 aliphatic heterocycles. The summed E-state index contributed by atoms with van der Waals surface area (Å²) in [6.45, 7) is 4.40. The highest BCUT2D eigenvalue weighted by Crippen LogP contribution is 2.29. The van der Waals surface area contributed by atoms with Gasteiger partial charge in [-0.05, 0) is 25.2 Å². The van der Waals surface area contributed by atoms with Crippen LogP contribution in [0.1, 0.15) is 78.1 Å². The third kappa shape index (κ3) is 7.15. The predicted octanol–water partition coefficient (Wildman–Crippen LogP) is 5.96. The minimum Gasteiger partial charge on any atom is -0.260 e. The summed E-state index contributed by atoms with van der Waals surface area (Å²) >= 11 is 1.85. The van der Waals surface area contributed by atoms with E-state index >= 15 is 0 Å². The summed E-state index contributed by atoms with van der Waals surface area (Å²) in [6.07, 6.45) is 15.8. The standard InChI is InChI=1S/C16H28NS/c1-3-4-5-6-7-8-9-10-11-12-16-15(2)17-13-14-18-16/h13-14H,3-12H2,1-2H3. The third-order valence-electron chi connectivity index (χ3n) is 3.45. The van der Waals surface area contributed by atoms with Crippen molar-refractivity contribution >= 4 is 11.8 Å². The Kier molecular flexibility index (Phi) is 9.19. The molecular formula is C16H28NS. The normalized spacial score (nSPS) is 15.0. The Bertz CT molecular complexity index is 268. The molecule has 0 spiro atoms. The van der Waals surface area contributed by atoms with Crippen LogP contribution in [0.4, 0.5) is 0 Å². The van der Waals surface area contributed by atoms with Crippen molar-refractivity contribution < 1.29 is 0 Å². The van der Waals surface area contributed by atoms with Crippen molar-refractivity contribution in [1.29, 1.82) is 0 Å². The van der Waals surface area contributed by atoms with E-state index < -0.39 is 0 Å². The minimum atomic E-state index is 1.22. The van der Waals surface area contributed by atoms with Crippen LogP contribution in [0.25, 0.3) is 0 Å². The van der Waals surface area contributed by atoms with Gasteiger partial charge in [-0.1, -0.05) is 70.1 Å². The fourth-order valence-electron chi connectivity index (χ4n) is 2.25. The maximum absolute atomic E-state index is 4.35. The van der Waals surface area contributed by atoms with Crippen molar-refractivity contribution in [2.45, 2.75) is 78.1 Å². The molecule has 103 valence electrons. The Balaban J connectivity index is 1.89. The first-order chi connectivity index (χ1) is 8.84. The number of unbranched alkanes of at least 4 members (excludes halogenated alkanes) is 8. The van der Waals surface area contributed by atoms with E-state index in [2.05, 4.69) is 24.6 Å². The van der Waals surface area contributed by atoms with Crippen LogP contribution in [0.5, 0.6) is 0 Å². The summed E-state index contributed by atoms with van der Waals surface area (Å²) in [5, 5.41) is 6.44. The predicted molar refractivity (Wildman–Crippen MR) is 83.4 cm³/mol. The second-order valence-corrected chi connectivity index (χ2v) is 6.12. The quantitative estimate of drug-likeness (QED) is 0.445. The average molecular weight is 266 g/mol. The maximum Gasteiger partial charge on any atom is 0.0471 e. The van der Waals surface area contributed by atoms with E-state index in [1.54, 1.807) is 0 Å². The van der Waals surface area contributed by atoms with Crippen LogP contribution in [-0.4, -0.2) is 0 Å². The second kappa shape index (κ2) is 10.5. The first kappa shape index (κ1) is 15.7. The van der Waals surface area contributed by atoms with Crippen LogP contribution in [-0.2, 0) is 0 Å². The zero-order valence-electron chi connectivity index (χ0n) is 12.1. The molecule has 0 aromatic rings. The molecule has 0 aromatic carbocycles. The highest BCUT2D eigenvalue weighted by Gasteiger charge is 2.06. The Morgan fingerprint density at radius 3 is 2.17 bits per heavy atom. The van der Waals surface area contributed by atoms with Gasteiger partial charge in [0.2, 0.25) is 0 Å². The topological polar surface area (TPSA) is 14.1 Å². The number of nitrogens with zero attached hydrogens (tertiary/aromatic N) is 1. The van der Waals surface area contributed by atoms with Crippen LogP contribution >= 0.6 is 11.8 Å². The van der Waals surface area contributed by atoms with Gasteiger partial charge in [-0.25, -0.2) is 0 Å². The average Bonchev–Trinajstić information content (AvgIpc) is 2.39. The summed E-state index contributed by atoms with van der Waals surface area (Å²) in [5.41, 5.74) is 1.22. The van der Waals surface area contributed by atoms with Crippen molar-refractivity contribution in [1.82, 2.24) is 5.32 Å². The lowest BCUT2D eigenvalue weighted by molar-refractivity contribution is 0.565. The molecule has 0 aromatic heterocycles. The van der Waals surface area contributed by atoms with Gasteiger partial charge in [0.15, 0.2) is 0 Å². The van der Waals surface area contributed by atoms with Crippen LogP contribution in [0.15, 0.2) is 22.2 Å². The molecule has 1 radical (unpaired) electrons. The molecule has 0 atom stereocenters. The fourth-order valence-corrected chi connectivity index (χ4v) is 3.02. The van der Waals surface area contributed by atoms with Gasteiger partial charge in [-0.3, -0.25) is 5.32 Å². The SMILES string of the molecule is CCCCCCCCCCCC1=C(C)[N]C=CS1. The van der Waals surface area contributed by atoms with E-state index in [0.29, 0.717) is 0 Å². The first-order valence-electron chi connectivity index (χ1n) is 7.57. The van der Waals surface area contributed by atoms with Gasteiger partial charge in [0, 0.05) is 16.8 Å². The van der Waals surface area contributed by atoms with E-state index in [4.69, 9.17) is 0 Å². The highest BCUT2D eigenvalue weighted by molar-refractivity contribution is 8.05. The molecule has 1 rings (SSSR count). The molecule has 0 N–H and O–H groups in total. The van der Waals surface area contributed by atoms with Gasteiger partial charge >= 0.3 is 0 Å². The summed E-state index contributed by atoms with van der Waals surface area (Å²) in [6, 6.07) is 0. The third-order valence-corrected chi connectivity index (χ3v) is 4.49. The number of thioether (sulfide) groups is 1. The lowest BCUT2D eigenvalue weighted by Gasteiger charge is -2.12. The largest absolute Gasteiger partial charge is 0.260 e. The van der Waals surface area contributed by atoms with E-state index in [9.17, 15) is 0 Å². The van der Waals surface area contributed by atoms with Gasteiger partial charge in [-0.2, -0.15) is 0 Å². The maximum atomic E-state index is 4.35. The highest BCUT2D eigenvalue weighted by atomic mass is 32.2. The van der Waals surface area contributed by atoms with Crippen molar-refractivity contribution in [3.63, 3.8) is 0 Å². The monoisotopic (exact) mass is 266 g/mol. The number of rotatable bonds is 10. The molecule has 18 heavy (non-hydrogen) atoms. The molecule has 0 saturated heterocycles. The zero-order chi connectivity index (χ0) is 13.1. The fraction of sp³-hybridized carbons (Fsp3) is 0.750. The van der Waals surface area contributed by atoms with E-state index in [-0.39, 0.29) is 0 Å². The molecule has 0 unspecified atom stereocenters. The Morgan fingerprint density at radius 1 is 0.944 bits per heavy atom. The number of allylic oxidation sites excluding steroid dienone is 2. The molecular weight excluding hydrogens is 238 g/mol. The van der Waals surface area contributed by atoms with Gasteiger partial charge in [0.25, 0.3) is 0 Å². The van der Waals surface area contributed by atoms with Crippen molar-refractivity contribution in [2.24, 2.45) is 0 Å². The van der Waals surface area contributed by atoms with Crippen LogP contribution in [0, 0.1) is 0 Å². The van der Waals surface area contributed by atoms with E-state index in [0.717, 1.165) is 0 Å². The number of hydrogen-bond acceptors (Lipinski definition) is 1. The zero-order valence-corrected chi connectivity index (χ0v) is 12.9. The minimum absolute atomic E-state index is 1.22. The number of hydrogen-bond donors (Lipinski definition) is 0. The molecule has 0 saturated carbocycles. The van der Waals surface area contributed by atoms with Crippen molar-refractivity contribution in [3.05, 3.63) is 22.2 Å². The molecule has 1 nitrogen and oxygen atoms in total. The molecule has 0 aliphatic carbocycles. The lowest BCUT2D eigenvalue weighted by atomic mass is 10.1. The van der Waals surface area contributed by atoms with E-state index in [1.165, 1.54) is 74.8 Å². The van der Waals surface area contributed by atoms with E-state index in [1.807, 2.05) is 18.0 Å². The second-order valence-electron chi connectivity index (χ2n) is 5.12. The smallest absolute Gasteiger partial charge is 0.0471 e. The lowest BCUT2D eigenvalue weighted by Crippen LogP contribution is -1.99. The summed E-state index contributed by atoms with van der Waals surface area (Å²) in [4.78, 5) is 1.47. The summed E-state index contributed by atoms with van der Waals surface area (Å²) < 4.78 is 0.